The average molecular weight is 321 g/mol. The number of rotatable bonds is 2. The predicted molar refractivity (Wildman–Crippen MR) is 76.3 cm³/mol. The fourth-order valence-electron chi connectivity index (χ4n) is 2.18. The lowest BCUT2D eigenvalue weighted by Gasteiger charge is -2.17. The molecule has 19 heavy (non-hydrogen) atoms. The lowest BCUT2D eigenvalue weighted by atomic mass is 10.1. The number of nitrogens with zero attached hydrogens (tertiary/aromatic N) is 3. The van der Waals surface area contributed by atoms with Gasteiger partial charge in [0.15, 0.2) is 0 Å². The number of anilines is 1. The average Bonchev–Trinajstić information content (AvgIpc) is 2.40. The molecule has 3 rings (SSSR count). The molecule has 0 saturated heterocycles. The molecule has 0 radical (unpaired) electrons. The monoisotopic (exact) mass is 320 g/mol. The first-order valence-corrected chi connectivity index (χ1v) is 6.96. The number of fused-ring (bicyclic) bond motifs is 1. The van der Waals surface area contributed by atoms with Gasteiger partial charge in [-0.1, -0.05) is 0 Å². The summed E-state index contributed by atoms with van der Waals surface area (Å²) >= 11 is 3.37. The molecule has 0 bridgehead atoms. The Balaban J connectivity index is 1.95. The molecule has 0 fully saturated rings. The van der Waals surface area contributed by atoms with Crippen molar-refractivity contribution >= 4 is 21.6 Å². The first kappa shape index (κ1) is 12.3. The van der Waals surface area contributed by atoms with Crippen molar-refractivity contribution in [3.05, 3.63) is 50.6 Å². The van der Waals surface area contributed by atoms with Gasteiger partial charge in [-0.2, -0.15) is 5.10 Å². The van der Waals surface area contributed by atoms with Crippen molar-refractivity contribution in [2.24, 2.45) is 0 Å². The Morgan fingerprint density at radius 3 is 3.11 bits per heavy atom. The molecule has 2 aromatic rings. The smallest absolute Gasteiger partial charge is 0.269 e. The molecular formula is C13H13BrN4O. The Hall–Kier alpha value is -1.69. The van der Waals surface area contributed by atoms with E-state index in [0.29, 0.717) is 6.54 Å². The quantitative estimate of drug-likeness (QED) is 0.916. The van der Waals surface area contributed by atoms with E-state index in [9.17, 15) is 4.79 Å². The molecule has 0 saturated carbocycles. The summed E-state index contributed by atoms with van der Waals surface area (Å²) in [7, 11) is 0. The molecule has 0 unspecified atom stereocenters. The molecule has 0 spiro atoms. The third kappa shape index (κ3) is 2.68. The van der Waals surface area contributed by atoms with Crippen molar-refractivity contribution in [2.45, 2.75) is 19.4 Å². The Kier molecular flexibility index (Phi) is 3.33. The molecule has 0 aliphatic carbocycles. The highest BCUT2D eigenvalue weighted by atomic mass is 79.9. The fraction of sp³-hybridized carbons (Fsp3) is 0.308. The van der Waals surface area contributed by atoms with Gasteiger partial charge in [0.2, 0.25) is 0 Å². The van der Waals surface area contributed by atoms with Crippen molar-refractivity contribution in [3.63, 3.8) is 0 Å². The van der Waals surface area contributed by atoms with Crippen molar-refractivity contribution in [2.75, 3.05) is 11.9 Å². The van der Waals surface area contributed by atoms with Crippen LogP contribution in [-0.2, 0) is 13.0 Å². The second kappa shape index (κ2) is 5.13. The maximum absolute atomic E-state index is 12.0. The number of aromatic nitrogens is 3. The van der Waals surface area contributed by atoms with Crippen molar-refractivity contribution in [1.82, 2.24) is 14.8 Å². The minimum atomic E-state index is -0.0897. The third-order valence-corrected chi connectivity index (χ3v) is 3.51. The van der Waals surface area contributed by atoms with Crippen molar-refractivity contribution in [1.29, 1.82) is 0 Å². The molecule has 0 atom stereocenters. The molecule has 2 aromatic heterocycles. The van der Waals surface area contributed by atoms with Gasteiger partial charge >= 0.3 is 0 Å². The van der Waals surface area contributed by atoms with Crippen molar-refractivity contribution < 1.29 is 0 Å². The summed E-state index contributed by atoms with van der Waals surface area (Å²) in [6.45, 7) is 1.35. The Morgan fingerprint density at radius 2 is 2.26 bits per heavy atom. The van der Waals surface area contributed by atoms with Gasteiger partial charge in [0.25, 0.3) is 5.56 Å². The molecule has 1 aliphatic heterocycles. The zero-order chi connectivity index (χ0) is 13.2. The first-order valence-electron chi connectivity index (χ1n) is 6.17. The van der Waals surface area contributed by atoms with Gasteiger partial charge in [-0.25, -0.2) is 4.68 Å². The van der Waals surface area contributed by atoms with Crippen LogP contribution in [0, 0.1) is 0 Å². The van der Waals surface area contributed by atoms with E-state index < -0.39 is 0 Å². The van der Waals surface area contributed by atoms with Crippen LogP contribution in [0.5, 0.6) is 0 Å². The van der Waals surface area contributed by atoms with Crippen LogP contribution in [0.4, 0.5) is 5.69 Å². The van der Waals surface area contributed by atoms with E-state index in [0.717, 1.165) is 40.8 Å². The minimum Gasteiger partial charge on any atom is -0.383 e. The molecule has 1 aliphatic rings. The normalized spacial score (nSPS) is 13.7. The van der Waals surface area contributed by atoms with Gasteiger partial charge in [0.1, 0.15) is 0 Å². The number of aryl methyl sites for hydroxylation is 1. The largest absolute Gasteiger partial charge is 0.383 e. The number of nitrogens with one attached hydrogen (secondary N) is 1. The van der Waals surface area contributed by atoms with E-state index in [1.165, 1.54) is 4.68 Å². The number of pyridine rings is 1. The highest BCUT2D eigenvalue weighted by Crippen LogP contribution is 2.17. The molecule has 1 N–H and O–H groups in total. The van der Waals surface area contributed by atoms with Crippen LogP contribution in [0.15, 0.2) is 33.8 Å². The molecule has 98 valence electrons. The van der Waals surface area contributed by atoms with Crippen LogP contribution in [0.3, 0.4) is 0 Å². The maximum atomic E-state index is 12.0. The fourth-order valence-corrected chi connectivity index (χ4v) is 2.59. The molecule has 0 amide bonds. The topological polar surface area (TPSA) is 59.8 Å². The summed E-state index contributed by atoms with van der Waals surface area (Å²) in [5.41, 5.74) is 2.70. The van der Waals surface area contributed by atoms with E-state index in [-0.39, 0.29) is 5.56 Å². The Morgan fingerprint density at radius 1 is 1.37 bits per heavy atom. The summed E-state index contributed by atoms with van der Waals surface area (Å²) in [4.78, 5) is 16.1. The molecular weight excluding hydrogens is 308 g/mol. The molecule has 5 nitrogen and oxygen atoms in total. The summed E-state index contributed by atoms with van der Waals surface area (Å²) in [6.07, 6.45) is 5.43. The second-order valence-electron chi connectivity index (χ2n) is 4.54. The van der Waals surface area contributed by atoms with E-state index in [1.807, 2.05) is 6.07 Å². The lowest BCUT2D eigenvalue weighted by molar-refractivity contribution is 0.607. The highest BCUT2D eigenvalue weighted by molar-refractivity contribution is 9.10. The standard InChI is InChI=1S/C13H13BrN4O/c14-10-4-9(6-15-7-10)8-18-13(19)5-12-11(17-18)2-1-3-16-12/h4-7,16H,1-3,8H2. The van der Waals surface area contributed by atoms with Gasteiger partial charge in [-0.05, 0) is 40.4 Å². The minimum absolute atomic E-state index is 0.0897. The van der Waals surface area contributed by atoms with E-state index in [4.69, 9.17) is 0 Å². The molecule has 3 heterocycles. The van der Waals surface area contributed by atoms with Gasteiger partial charge in [0.05, 0.1) is 17.9 Å². The van der Waals surface area contributed by atoms with E-state index in [2.05, 4.69) is 31.3 Å². The Labute approximate surface area is 118 Å². The first-order chi connectivity index (χ1) is 9.22. The van der Waals surface area contributed by atoms with E-state index >= 15 is 0 Å². The zero-order valence-electron chi connectivity index (χ0n) is 10.3. The SMILES string of the molecule is O=c1cc2c(nn1Cc1cncc(Br)c1)CCCN2. The zero-order valence-corrected chi connectivity index (χ0v) is 11.9. The molecule has 0 aromatic carbocycles. The predicted octanol–water partition coefficient (Wildman–Crippen LogP) is 1.81. The summed E-state index contributed by atoms with van der Waals surface area (Å²) in [5.74, 6) is 0. The van der Waals surface area contributed by atoms with Crippen LogP contribution in [0.25, 0.3) is 0 Å². The van der Waals surface area contributed by atoms with Crippen LogP contribution in [-0.4, -0.2) is 21.3 Å². The summed E-state index contributed by atoms with van der Waals surface area (Å²) in [5, 5.41) is 7.64. The van der Waals surface area contributed by atoms with Crippen LogP contribution in [0.2, 0.25) is 0 Å². The van der Waals surface area contributed by atoms with Crippen LogP contribution >= 0.6 is 15.9 Å². The van der Waals surface area contributed by atoms with Crippen LogP contribution in [0.1, 0.15) is 17.7 Å². The molecule has 6 heteroatoms. The number of hydrogen-bond acceptors (Lipinski definition) is 4. The summed E-state index contributed by atoms with van der Waals surface area (Å²) < 4.78 is 2.40. The van der Waals surface area contributed by atoms with E-state index in [1.54, 1.807) is 18.5 Å². The Bertz CT molecular complexity index is 668. The van der Waals surface area contributed by atoms with Gasteiger partial charge in [-0.15, -0.1) is 0 Å². The third-order valence-electron chi connectivity index (χ3n) is 3.07. The van der Waals surface area contributed by atoms with Crippen LogP contribution < -0.4 is 10.9 Å². The van der Waals surface area contributed by atoms with Gasteiger partial charge in [0, 0.05) is 29.5 Å². The lowest BCUT2D eigenvalue weighted by Crippen LogP contribution is -2.27. The maximum Gasteiger partial charge on any atom is 0.269 e. The van der Waals surface area contributed by atoms with Gasteiger partial charge < -0.3 is 5.32 Å². The van der Waals surface area contributed by atoms with Crippen molar-refractivity contribution in [3.8, 4) is 0 Å². The number of hydrogen-bond donors (Lipinski definition) is 1. The van der Waals surface area contributed by atoms with Gasteiger partial charge in [-0.3, -0.25) is 9.78 Å². The second-order valence-corrected chi connectivity index (χ2v) is 5.46. The highest BCUT2D eigenvalue weighted by Gasteiger charge is 2.12. The number of halogens is 1. The summed E-state index contributed by atoms with van der Waals surface area (Å²) in [6, 6.07) is 3.58.